The maximum absolute atomic E-state index is 8.82. The van der Waals surface area contributed by atoms with Crippen molar-refractivity contribution in [2.45, 2.75) is 26.4 Å². The molecule has 0 saturated carbocycles. The molecule has 0 amide bonds. The summed E-state index contributed by atoms with van der Waals surface area (Å²) < 4.78 is 1.91. The Kier molecular flexibility index (Phi) is 3.59. The summed E-state index contributed by atoms with van der Waals surface area (Å²) in [5.41, 5.74) is 1.86. The predicted octanol–water partition coefficient (Wildman–Crippen LogP) is 3.56. The highest BCUT2D eigenvalue weighted by Crippen LogP contribution is 2.21. The van der Waals surface area contributed by atoms with Gasteiger partial charge < -0.3 is 5.32 Å². The molecule has 3 aromatic heterocycles. The molecule has 1 N–H and O–H groups in total. The van der Waals surface area contributed by atoms with Crippen molar-refractivity contribution >= 4 is 28.1 Å². The number of nitrogens with one attached hydrogen (secondary N) is 1. The maximum atomic E-state index is 8.82. The van der Waals surface area contributed by atoms with Crippen LogP contribution in [0.2, 0.25) is 0 Å². The molecule has 0 spiro atoms. The number of rotatable bonds is 4. The number of nitrogens with zero attached hydrogens (tertiary/aromatic N) is 4. The molecule has 0 aliphatic carbocycles. The maximum Gasteiger partial charge on any atom is 0.158 e. The zero-order valence-corrected chi connectivity index (χ0v) is 12.7. The van der Waals surface area contributed by atoms with Gasteiger partial charge in [-0.3, -0.25) is 0 Å². The van der Waals surface area contributed by atoms with Crippen LogP contribution >= 0.6 is 11.3 Å². The molecule has 0 aromatic carbocycles. The molecule has 0 saturated heterocycles. The lowest BCUT2D eigenvalue weighted by Gasteiger charge is -2.07. The summed E-state index contributed by atoms with van der Waals surface area (Å²) in [5, 5.41) is 17.5. The molecular formula is C15H15N5S. The summed E-state index contributed by atoms with van der Waals surface area (Å²) in [5.74, 6) is 0. The topological polar surface area (TPSA) is 66.5 Å². The van der Waals surface area contributed by atoms with Crippen LogP contribution in [0.5, 0.6) is 0 Å². The number of nitriles is 1. The third kappa shape index (κ3) is 2.73. The summed E-state index contributed by atoms with van der Waals surface area (Å²) in [4.78, 5) is 6.35. The normalized spacial score (nSPS) is 11.0. The number of anilines is 1. The number of hydrogen-bond donors (Lipinski definition) is 1. The van der Waals surface area contributed by atoms with E-state index in [4.69, 9.17) is 5.26 Å². The second kappa shape index (κ2) is 5.54. The Morgan fingerprint density at radius 3 is 2.95 bits per heavy atom. The minimum atomic E-state index is 0.296. The lowest BCUT2D eigenvalue weighted by atomic mass is 10.3. The van der Waals surface area contributed by atoms with Gasteiger partial charge in [0.1, 0.15) is 10.9 Å². The molecule has 0 unspecified atom stereocenters. The molecule has 0 aliphatic rings. The van der Waals surface area contributed by atoms with Crippen LogP contribution in [-0.2, 0) is 6.54 Å². The third-order valence-corrected chi connectivity index (χ3v) is 4.15. The summed E-state index contributed by atoms with van der Waals surface area (Å²) in [6.07, 6.45) is 3.66. The number of hydrogen-bond acceptors (Lipinski definition) is 5. The predicted molar refractivity (Wildman–Crippen MR) is 84.3 cm³/mol. The van der Waals surface area contributed by atoms with Crippen LogP contribution in [0.1, 0.15) is 29.6 Å². The average Bonchev–Trinajstić information content (AvgIpc) is 3.11. The average molecular weight is 297 g/mol. The molecule has 106 valence electrons. The highest BCUT2D eigenvalue weighted by molar-refractivity contribution is 7.12. The molecule has 0 aliphatic heterocycles. The molecule has 0 fully saturated rings. The zero-order chi connectivity index (χ0) is 14.8. The molecular weight excluding hydrogens is 282 g/mol. The van der Waals surface area contributed by atoms with E-state index < -0.39 is 0 Å². The first-order chi connectivity index (χ1) is 10.2. The Balaban J connectivity index is 1.77. The van der Waals surface area contributed by atoms with Crippen LogP contribution in [0.15, 0.2) is 30.6 Å². The highest BCUT2D eigenvalue weighted by Gasteiger charge is 2.08. The van der Waals surface area contributed by atoms with Crippen LogP contribution in [0.4, 0.5) is 5.69 Å². The Labute approximate surface area is 126 Å². The summed E-state index contributed by atoms with van der Waals surface area (Å²) in [6.45, 7) is 4.87. The number of thiophene rings is 1. The van der Waals surface area contributed by atoms with Crippen LogP contribution in [-0.4, -0.2) is 14.8 Å². The second-order valence-corrected chi connectivity index (χ2v) is 6.22. The van der Waals surface area contributed by atoms with Crippen LogP contribution in [0.25, 0.3) is 11.0 Å². The molecule has 21 heavy (non-hydrogen) atoms. The largest absolute Gasteiger partial charge is 0.379 e. The van der Waals surface area contributed by atoms with Crippen LogP contribution < -0.4 is 5.32 Å². The third-order valence-electron chi connectivity index (χ3n) is 3.16. The van der Waals surface area contributed by atoms with E-state index in [0.717, 1.165) is 26.5 Å². The van der Waals surface area contributed by atoms with Gasteiger partial charge in [0.25, 0.3) is 0 Å². The Morgan fingerprint density at radius 1 is 1.38 bits per heavy atom. The van der Waals surface area contributed by atoms with E-state index in [2.05, 4.69) is 35.3 Å². The van der Waals surface area contributed by atoms with Gasteiger partial charge in [-0.1, -0.05) is 0 Å². The summed E-state index contributed by atoms with van der Waals surface area (Å²) in [6, 6.07) is 8.31. The van der Waals surface area contributed by atoms with Crippen LogP contribution in [0, 0.1) is 11.3 Å². The van der Waals surface area contributed by atoms with E-state index in [9.17, 15) is 0 Å². The number of aromatic nitrogens is 3. The molecule has 0 bridgehead atoms. The smallest absolute Gasteiger partial charge is 0.158 e. The van der Waals surface area contributed by atoms with Gasteiger partial charge in [0, 0.05) is 22.8 Å². The fourth-order valence-electron chi connectivity index (χ4n) is 2.14. The monoisotopic (exact) mass is 297 g/mol. The Morgan fingerprint density at radius 2 is 2.24 bits per heavy atom. The molecule has 0 atom stereocenters. The summed E-state index contributed by atoms with van der Waals surface area (Å²) >= 11 is 1.50. The Bertz CT molecular complexity index is 809. The highest BCUT2D eigenvalue weighted by atomic mass is 32.1. The van der Waals surface area contributed by atoms with E-state index in [-0.39, 0.29) is 0 Å². The van der Waals surface area contributed by atoms with E-state index in [1.807, 2.05) is 35.3 Å². The number of fused-ring (bicyclic) bond motifs is 1. The van der Waals surface area contributed by atoms with Gasteiger partial charge in [0.15, 0.2) is 5.65 Å². The van der Waals surface area contributed by atoms with Crippen molar-refractivity contribution in [2.24, 2.45) is 0 Å². The quantitative estimate of drug-likeness (QED) is 0.799. The molecule has 6 heteroatoms. The minimum absolute atomic E-state index is 0.296. The number of pyridine rings is 1. The standard InChI is InChI=1S/C15H15N5S/c1-10(2)20-15-11(7-19-20)5-12(8-18-15)17-9-14-4-3-13(6-16)21-14/h3-5,7-8,10,17H,9H2,1-2H3. The van der Waals surface area contributed by atoms with Crippen molar-refractivity contribution in [3.8, 4) is 6.07 Å². The fourth-order valence-corrected chi connectivity index (χ4v) is 2.88. The van der Waals surface area contributed by atoms with Crippen molar-refractivity contribution in [3.63, 3.8) is 0 Å². The van der Waals surface area contributed by atoms with E-state index in [0.29, 0.717) is 12.6 Å². The van der Waals surface area contributed by atoms with Crippen molar-refractivity contribution in [2.75, 3.05) is 5.32 Å². The van der Waals surface area contributed by atoms with Gasteiger partial charge in [-0.25, -0.2) is 9.67 Å². The van der Waals surface area contributed by atoms with Crippen molar-refractivity contribution in [1.82, 2.24) is 14.8 Å². The lowest BCUT2D eigenvalue weighted by molar-refractivity contribution is 0.546. The van der Waals surface area contributed by atoms with E-state index >= 15 is 0 Å². The van der Waals surface area contributed by atoms with Gasteiger partial charge in [-0.15, -0.1) is 11.3 Å². The van der Waals surface area contributed by atoms with Crippen molar-refractivity contribution in [1.29, 1.82) is 5.26 Å². The minimum Gasteiger partial charge on any atom is -0.379 e. The zero-order valence-electron chi connectivity index (χ0n) is 11.9. The van der Waals surface area contributed by atoms with Gasteiger partial charge in [0.05, 0.1) is 18.1 Å². The first-order valence-corrected chi connectivity index (χ1v) is 7.55. The Hall–Kier alpha value is -2.39. The van der Waals surface area contributed by atoms with E-state index in [1.165, 1.54) is 11.3 Å². The SMILES string of the molecule is CC(C)n1ncc2cc(NCc3ccc(C#N)s3)cnc21. The van der Waals surface area contributed by atoms with E-state index in [1.54, 1.807) is 0 Å². The molecule has 5 nitrogen and oxygen atoms in total. The molecule has 3 aromatic rings. The fraction of sp³-hybridized carbons (Fsp3) is 0.267. The second-order valence-electron chi connectivity index (χ2n) is 5.05. The molecule has 3 heterocycles. The van der Waals surface area contributed by atoms with Crippen molar-refractivity contribution in [3.05, 3.63) is 40.3 Å². The van der Waals surface area contributed by atoms with Gasteiger partial charge in [0.2, 0.25) is 0 Å². The van der Waals surface area contributed by atoms with Crippen LogP contribution in [0.3, 0.4) is 0 Å². The van der Waals surface area contributed by atoms with Gasteiger partial charge in [-0.05, 0) is 32.0 Å². The summed E-state index contributed by atoms with van der Waals surface area (Å²) in [7, 11) is 0. The molecule has 0 radical (unpaired) electrons. The first kappa shape index (κ1) is 13.6. The first-order valence-electron chi connectivity index (χ1n) is 6.73. The van der Waals surface area contributed by atoms with Gasteiger partial charge >= 0.3 is 0 Å². The van der Waals surface area contributed by atoms with Crippen molar-refractivity contribution < 1.29 is 0 Å². The van der Waals surface area contributed by atoms with Gasteiger partial charge in [-0.2, -0.15) is 10.4 Å². The lowest BCUT2D eigenvalue weighted by Crippen LogP contribution is -2.03. The molecule has 3 rings (SSSR count).